The molecule has 0 amide bonds. The fourth-order valence-corrected chi connectivity index (χ4v) is 2.18. The Kier molecular flexibility index (Phi) is 3.46. The van der Waals surface area contributed by atoms with Crippen LogP contribution >= 0.6 is 0 Å². The van der Waals surface area contributed by atoms with Crippen LogP contribution in [-0.2, 0) is 5.41 Å². The summed E-state index contributed by atoms with van der Waals surface area (Å²) in [5, 5.41) is 3.47. The van der Waals surface area contributed by atoms with Crippen molar-refractivity contribution in [3.8, 4) is 0 Å². The highest BCUT2D eigenvalue weighted by molar-refractivity contribution is 5.47. The molecule has 4 heteroatoms. The largest absolute Gasteiger partial charge is 0.384 e. The van der Waals surface area contributed by atoms with E-state index < -0.39 is 0 Å². The Bertz CT molecular complexity index is 422. The molecule has 1 aliphatic carbocycles. The molecule has 1 aromatic heterocycles. The van der Waals surface area contributed by atoms with E-state index in [-0.39, 0.29) is 5.41 Å². The lowest BCUT2D eigenvalue weighted by Gasteiger charge is -2.18. The minimum Gasteiger partial charge on any atom is -0.384 e. The Morgan fingerprint density at radius 1 is 1.39 bits per heavy atom. The Morgan fingerprint density at radius 3 is 2.72 bits per heavy atom. The van der Waals surface area contributed by atoms with E-state index in [1.54, 1.807) is 0 Å². The Hall–Kier alpha value is -1.32. The molecule has 100 valence electrons. The molecule has 1 aromatic rings. The van der Waals surface area contributed by atoms with Gasteiger partial charge in [-0.2, -0.15) is 0 Å². The predicted molar refractivity (Wildman–Crippen MR) is 75.6 cm³/mol. The van der Waals surface area contributed by atoms with E-state index in [4.69, 9.17) is 5.73 Å². The molecule has 0 aromatic carbocycles. The van der Waals surface area contributed by atoms with E-state index >= 15 is 0 Å². The highest BCUT2D eigenvalue weighted by atomic mass is 15.1. The van der Waals surface area contributed by atoms with E-state index in [0.717, 1.165) is 17.6 Å². The van der Waals surface area contributed by atoms with Gasteiger partial charge in [0.1, 0.15) is 17.5 Å². The summed E-state index contributed by atoms with van der Waals surface area (Å²) in [6.07, 6.45) is 3.80. The molecule has 0 radical (unpaired) electrons. The van der Waals surface area contributed by atoms with Crippen LogP contribution in [0.1, 0.15) is 52.8 Å². The van der Waals surface area contributed by atoms with Crippen LogP contribution in [0.15, 0.2) is 6.07 Å². The molecule has 3 N–H and O–H groups in total. The van der Waals surface area contributed by atoms with E-state index in [1.807, 2.05) is 6.07 Å². The molecule has 0 saturated heterocycles. The molecule has 0 spiro atoms. The van der Waals surface area contributed by atoms with Crippen LogP contribution in [0.2, 0.25) is 0 Å². The second kappa shape index (κ2) is 4.75. The van der Waals surface area contributed by atoms with Gasteiger partial charge in [-0.25, -0.2) is 9.97 Å². The van der Waals surface area contributed by atoms with Crippen LogP contribution in [0.3, 0.4) is 0 Å². The first-order chi connectivity index (χ1) is 8.40. The van der Waals surface area contributed by atoms with E-state index in [0.29, 0.717) is 11.9 Å². The van der Waals surface area contributed by atoms with Gasteiger partial charge >= 0.3 is 0 Å². The molecule has 4 nitrogen and oxygen atoms in total. The van der Waals surface area contributed by atoms with Crippen LogP contribution in [0.5, 0.6) is 0 Å². The number of hydrogen-bond donors (Lipinski definition) is 2. The minimum absolute atomic E-state index is 0.0712. The maximum absolute atomic E-state index is 5.85. The summed E-state index contributed by atoms with van der Waals surface area (Å²) in [7, 11) is 0. The average molecular weight is 248 g/mol. The topological polar surface area (TPSA) is 63.8 Å². The van der Waals surface area contributed by atoms with Crippen molar-refractivity contribution < 1.29 is 0 Å². The van der Waals surface area contributed by atoms with Crippen molar-refractivity contribution in [3.63, 3.8) is 0 Å². The summed E-state index contributed by atoms with van der Waals surface area (Å²) >= 11 is 0. The average Bonchev–Trinajstić information content (AvgIpc) is 2.94. The van der Waals surface area contributed by atoms with Crippen molar-refractivity contribution in [1.82, 2.24) is 9.97 Å². The Balaban J connectivity index is 2.08. The molecule has 2 rings (SSSR count). The number of nitrogen functional groups attached to an aromatic ring is 1. The zero-order chi connectivity index (χ0) is 13.3. The maximum Gasteiger partial charge on any atom is 0.138 e. The third-order valence-electron chi connectivity index (χ3n) is 3.33. The van der Waals surface area contributed by atoms with Crippen molar-refractivity contribution in [1.29, 1.82) is 0 Å². The number of nitrogens with zero attached hydrogens (tertiary/aromatic N) is 2. The molecule has 1 aliphatic rings. The number of hydrogen-bond acceptors (Lipinski definition) is 4. The number of aromatic nitrogens is 2. The monoisotopic (exact) mass is 248 g/mol. The number of anilines is 2. The summed E-state index contributed by atoms with van der Waals surface area (Å²) in [6.45, 7) is 8.53. The summed E-state index contributed by atoms with van der Waals surface area (Å²) < 4.78 is 0. The molecule has 2 atom stereocenters. The summed E-state index contributed by atoms with van der Waals surface area (Å²) in [4.78, 5) is 8.89. The molecule has 0 bridgehead atoms. The first-order valence-electron chi connectivity index (χ1n) is 6.81. The number of nitrogens with one attached hydrogen (secondary N) is 1. The first kappa shape index (κ1) is 13.1. The zero-order valence-corrected chi connectivity index (χ0v) is 11.8. The first-order valence-corrected chi connectivity index (χ1v) is 6.81. The third kappa shape index (κ3) is 3.12. The standard InChI is InChI=1S/C14H24N4/c1-5-6-9-7-10(9)16-12-8-11(15)17-13(18-12)14(2,3)4/h8-10H,5-7H2,1-4H3,(H3,15,16,17,18). The predicted octanol–water partition coefficient (Wildman–Crippen LogP) is 2.96. The molecule has 2 unspecified atom stereocenters. The lowest BCUT2D eigenvalue weighted by atomic mass is 9.96. The van der Waals surface area contributed by atoms with Crippen molar-refractivity contribution in [2.45, 2.75) is 58.4 Å². The Labute approximate surface area is 109 Å². The maximum atomic E-state index is 5.85. The van der Waals surface area contributed by atoms with Gasteiger partial charge in [-0.15, -0.1) is 0 Å². The van der Waals surface area contributed by atoms with Crippen molar-refractivity contribution in [2.24, 2.45) is 5.92 Å². The lowest BCUT2D eigenvalue weighted by Crippen LogP contribution is -2.18. The summed E-state index contributed by atoms with van der Waals surface area (Å²) in [5.74, 6) is 3.03. The molecular formula is C14H24N4. The van der Waals surface area contributed by atoms with Crippen LogP contribution in [0.25, 0.3) is 0 Å². The number of rotatable bonds is 4. The SMILES string of the molecule is CCCC1CC1Nc1cc(N)nc(C(C)(C)C)n1. The number of nitrogens with two attached hydrogens (primary N) is 1. The molecule has 18 heavy (non-hydrogen) atoms. The van der Waals surface area contributed by atoms with Crippen molar-refractivity contribution >= 4 is 11.6 Å². The fourth-order valence-electron chi connectivity index (χ4n) is 2.18. The quantitative estimate of drug-likeness (QED) is 0.860. The third-order valence-corrected chi connectivity index (χ3v) is 3.33. The van der Waals surface area contributed by atoms with Crippen molar-refractivity contribution in [3.05, 3.63) is 11.9 Å². The van der Waals surface area contributed by atoms with Gasteiger partial charge in [-0.05, 0) is 18.8 Å². The van der Waals surface area contributed by atoms with Crippen LogP contribution < -0.4 is 11.1 Å². The molecule has 1 saturated carbocycles. The van der Waals surface area contributed by atoms with Gasteiger partial charge in [-0.1, -0.05) is 34.1 Å². The van der Waals surface area contributed by atoms with Gasteiger partial charge in [0, 0.05) is 17.5 Å². The highest BCUT2D eigenvalue weighted by Crippen LogP contribution is 2.37. The molecule has 1 fully saturated rings. The minimum atomic E-state index is -0.0712. The second-order valence-electron chi connectivity index (χ2n) is 6.29. The van der Waals surface area contributed by atoms with Gasteiger partial charge in [0.25, 0.3) is 0 Å². The van der Waals surface area contributed by atoms with E-state index in [1.165, 1.54) is 19.3 Å². The molecule has 0 aliphatic heterocycles. The smallest absolute Gasteiger partial charge is 0.138 e. The lowest BCUT2D eigenvalue weighted by molar-refractivity contribution is 0.547. The van der Waals surface area contributed by atoms with Crippen LogP contribution in [0.4, 0.5) is 11.6 Å². The van der Waals surface area contributed by atoms with Crippen LogP contribution in [0, 0.1) is 5.92 Å². The van der Waals surface area contributed by atoms with Gasteiger partial charge < -0.3 is 11.1 Å². The molecule has 1 heterocycles. The normalized spacial score (nSPS) is 22.9. The van der Waals surface area contributed by atoms with Gasteiger partial charge in [0.05, 0.1) is 0 Å². The van der Waals surface area contributed by atoms with Gasteiger partial charge in [0.15, 0.2) is 0 Å². The highest BCUT2D eigenvalue weighted by Gasteiger charge is 2.36. The van der Waals surface area contributed by atoms with Crippen molar-refractivity contribution in [2.75, 3.05) is 11.1 Å². The summed E-state index contributed by atoms with van der Waals surface area (Å²) in [5.41, 5.74) is 5.78. The fraction of sp³-hybridized carbons (Fsp3) is 0.714. The summed E-state index contributed by atoms with van der Waals surface area (Å²) in [6, 6.07) is 2.41. The van der Waals surface area contributed by atoms with Gasteiger partial charge in [0.2, 0.25) is 0 Å². The van der Waals surface area contributed by atoms with Gasteiger partial charge in [-0.3, -0.25) is 0 Å². The van der Waals surface area contributed by atoms with E-state index in [2.05, 4.69) is 43.0 Å². The van der Waals surface area contributed by atoms with Crippen LogP contribution in [-0.4, -0.2) is 16.0 Å². The Morgan fingerprint density at radius 2 is 2.11 bits per heavy atom. The second-order valence-corrected chi connectivity index (χ2v) is 6.29. The van der Waals surface area contributed by atoms with E-state index in [9.17, 15) is 0 Å². The molecular weight excluding hydrogens is 224 g/mol. The zero-order valence-electron chi connectivity index (χ0n) is 11.8.